The summed E-state index contributed by atoms with van der Waals surface area (Å²) >= 11 is 0. The average molecular weight is 931 g/mol. The van der Waals surface area contributed by atoms with Crippen LogP contribution in [0.2, 0.25) is 0 Å². The lowest BCUT2D eigenvalue weighted by Crippen LogP contribution is -2.50. The van der Waals surface area contributed by atoms with Gasteiger partial charge in [0.1, 0.15) is 6.10 Å². The highest BCUT2D eigenvalue weighted by Gasteiger charge is 2.26. The summed E-state index contributed by atoms with van der Waals surface area (Å²) in [5.41, 5.74) is 0. The molecule has 0 saturated carbocycles. The summed E-state index contributed by atoms with van der Waals surface area (Å²) in [6.07, 6.45) is 72.3. The van der Waals surface area contributed by atoms with Crippen molar-refractivity contribution >= 4 is 5.91 Å². The van der Waals surface area contributed by atoms with Gasteiger partial charge < -0.3 is 20.6 Å². The van der Waals surface area contributed by atoms with E-state index in [4.69, 9.17) is 0 Å². The van der Waals surface area contributed by atoms with Gasteiger partial charge in [0.05, 0.1) is 18.8 Å². The molecule has 5 nitrogen and oxygen atoms in total. The molecule has 4 N–H and O–H groups in total. The molecule has 0 rings (SSSR count). The first-order chi connectivity index (χ1) is 32.6. The normalized spacial score (nSPS) is 13.3. The number of aliphatic hydroxyl groups is 3. The minimum atomic E-state index is -1.16. The van der Waals surface area contributed by atoms with Crippen LogP contribution in [0.25, 0.3) is 0 Å². The van der Waals surface area contributed by atoms with Crippen molar-refractivity contribution in [3.63, 3.8) is 0 Å². The minimum absolute atomic E-state index is 0.150. The van der Waals surface area contributed by atoms with Crippen molar-refractivity contribution in [1.29, 1.82) is 0 Å². The summed E-state index contributed by atoms with van der Waals surface area (Å²) in [4.78, 5) is 12.5. The second-order valence-corrected chi connectivity index (χ2v) is 20.9. The summed E-state index contributed by atoms with van der Waals surface area (Å²) in [7, 11) is 0. The quantitative estimate of drug-likeness (QED) is 0.0361. The van der Waals surface area contributed by atoms with Crippen LogP contribution in [0.15, 0.2) is 24.3 Å². The predicted octanol–water partition coefficient (Wildman–Crippen LogP) is 18.8. The van der Waals surface area contributed by atoms with E-state index >= 15 is 0 Å². The van der Waals surface area contributed by atoms with Crippen molar-refractivity contribution in [2.75, 3.05) is 6.61 Å². The number of hydrogen-bond donors (Lipinski definition) is 4. The Labute approximate surface area is 413 Å². The fraction of sp³-hybridized carbons (Fsp3) is 0.918. The molecule has 0 aliphatic carbocycles. The lowest BCUT2D eigenvalue weighted by atomic mass is 10.0. The Bertz CT molecular complexity index is 982. The van der Waals surface area contributed by atoms with Crippen molar-refractivity contribution in [3.05, 3.63) is 24.3 Å². The van der Waals surface area contributed by atoms with Crippen LogP contribution in [0.3, 0.4) is 0 Å². The van der Waals surface area contributed by atoms with Crippen LogP contribution in [0.1, 0.15) is 335 Å². The Balaban J connectivity index is 3.42. The van der Waals surface area contributed by atoms with E-state index < -0.39 is 18.2 Å². The number of rotatable bonds is 56. The highest BCUT2D eigenvalue weighted by molar-refractivity contribution is 5.76. The molecule has 0 aliphatic rings. The van der Waals surface area contributed by atoms with Gasteiger partial charge in [-0.1, -0.05) is 289 Å². The van der Waals surface area contributed by atoms with Crippen LogP contribution in [0.5, 0.6) is 0 Å². The van der Waals surface area contributed by atoms with Crippen LogP contribution in [0.4, 0.5) is 0 Å². The molecule has 0 radical (unpaired) electrons. The Morgan fingerprint density at radius 1 is 0.364 bits per heavy atom. The van der Waals surface area contributed by atoms with Crippen LogP contribution in [-0.2, 0) is 4.79 Å². The van der Waals surface area contributed by atoms with E-state index in [2.05, 4.69) is 43.5 Å². The average Bonchev–Trinajstić information content (AvgIpc) is 3.32. The van der Waals surface area contributed by atoms with Gasteiger partial charge in [0.25, 0.3) is 0 Å². The van der Waals surface area contributed by atoms with E-state index in [0.717, 1.165) is 38.5 Å². The molecule has 0 aliphatic heterocycles. The number of aliphatic hydroxyl groups excluding tert-OH is 3. The summed E-state index contributed by atoms with van der Waals surface area (Å²) < 4.78 is 0. The molecular formula is C61H119NO4. The highest BCUT2D eigenvalue weighted by atomic mass is 16.3. The number of carbonyl (C=O) groups is 1. The summed E-state index contributed by atoms with van der Waals surface area (Å²) in [5, 5.41) is 33.6. The van der Waals surface area contributed by atoms with Gasteiger partial charge in [-0.2, -0.15) is 0 Å². The Hall–Kier alpha value is -1.17. The number of hydrogen-bond acceptors (Lipinski definition) is 4. The van der Waals surface area contributed by atoms with Gasteiger partial charge in [0.15, 0.2) is 0 Å². The molecule has 0 fully saturated rings. The number of allylic oxidation sites excluding steroid dienone is 4. The predicted molar refractivity (Wildman–Crippen MR) is 292 cm³/mol. The molecule has 0 spiro atoms. The van der Waals surface area contributed by atoms with E-state index in [1.807, 2.05) is 0 Å². The molecule has 5 heteroatoms. The van der Waals surface area contributed by atoms with Crippen molar-refractivity contribution in [2.24, 2.45) is 0 Å². The molecule has 392 valence electrons. The Kier molecular flexibility index (Phi) is 55.4. The Morgan fingerprint density at radius 3 is 0.879 bits per heavy atom. The van der Waals surface area contributed by atoms with Crippen LogP contribution in [-0.4, -0.2) is 46.1 Å². The third-order valence-electron chi connectivity index (χ3n) is 14.3. The van der Waals surface area contributed by atoms with Crippen molar-refractivity contribution in [3.8, 4) is 0 Å². The molecule has 1 amide bonds. The van der Waals surface area contributed by atoms with E-state index in [1.165, 1.54) is 270 Å². The smallest absolute Gasteiger partial charge is 0.220 e. The first-order valence-corrected chi connectivity index (χ1v) is 30.1. The molecule has 0 bridgehead atoms. The third kappa shape index (κ3) is 50.7. The summed E-state index contributed by atoms with van der Waals surface area (Å²) in [6, 6.07) is -0.823. The zero-order chi connectivity index (χ0) is 47.9. The lowest BCUT2D eigenvalue weighted by molar-refractivity contribution is -0.124. The number of unbranched alkanes of at least 4 members (excludes halogenated alkanes) is 44. The number of amides is 1. The molecular weight excluding hydrogens is 811 g/mol. The van der Waals surface area contributed by atoms with Gasteiger partial charge in [-0.25, -0.2) is 0 Å². The molecule has 0 heterocycles. The van der Waals surface area contributed by atoms with Crippen LogP contribution >= 0.6 is 0 Å². The largest absolute Gasteiger partial charge is 0.394 e. The van der Waals surface area contributed by atoms with Crippen molar-refractivity contribution < 1.29 is 20.1 Å². The second kappa shape index (κ2) is 56.4. The topological polar surface area (TPSA) is 89.8 Å². The van der Waals surface area contributed by atoms with Gasteiger partial charge in [0.2, 0.25) is 5.91 Å². The van der Waals surface area contributed by atoms with Crippen molar-refractivity contribution in [2.45, 2.75) is 353 Å². The van der Waals surface area contributed by atoms with Gasteiger partial charge in [-0.3, -0.25) is 4.79 Å². The molecule has 0 aromatic carbocycles. The van der Waals surface area contributed by atoms with E-state index in [0.29, 0.717) is 12.8 Å². The zero-order valence-electron chi connectivity index (χ0n) is 44.9. The first kappa shape index (κ1) is 64.8. The lowest BCUT2D eigenvalue weighted by Gasteiger charge is -2.26. The second-order valence-electron chi connectivity index (χ2n) is 20.9. The fourth-order valence-corrected chi connectivity index (χ4v) is 9.63. The molecule has 0 aromatic rings. The number of nitrogens with one attached hydrogen (secondary N) is 1. The highest BCUT2D eigenvalue weighted by Crippen LogP contribution is 2.18. The summed E-state index contributed by atoms with van der Waals surface area (Å²) in [5.74, 6) is -0.150. The zero-order valence-corrected chi connectivity index (χ0v) is 44.9. The molecule has 3 atom stereocenters. The minimum Gasteiger partial charge on any atom is -0.394 e. The van der Waals surface area contributed by atoms with E-state index in [9.17, 15) is 20.1 Å². The van der Waals surface area contributed by atoms with Gasteiger partial charge in [-0.05, 0) is 64.2 Å². The standard InChI is InChI=1S/C61H119NO4/c1-3-5-7-9-11-13-15-17-18-19-20-21-22-23-24-25-26-27-28-29-30-31-32-33-34-35-36-37-38-39-40-41-42-44-46-48-50-52-54-56-60(65)62-58(57-63)61(66)59(64)55-53-51-49-47-45-43-16-14-12-10-8-6-4-2/h29-30,47,49,58-59,61,63-64,66H,3-28,31-46,48,50-57H2,1-2H3,(H,62,65)/b30-29-,49-47+. The molecule has 66 heavy (non-hydrogen) atoms. The maximum absolute atomic E-state index is 12.5. The first-order valence-electron chi connectivity index (χ1n) is 30.1. The third-order valence-corrected chi connectivity index (χ3v) is 14.3. The SMILES string of the molecule is CCCCCCCCCC/C=C/CCCC(O)C(O)C(CO)NC(=O)CCCCCCCCCCCCCCCCCCC/C=C\CCCCCCCCCCCCCCCCCCCC. The van der Waals surface area contributed by atoms with Gasteiger partial charge in [0, 0.05) is 6.42 Å². The van der Waals surface area contributed by atoms with Gasteiger partial charge >= 0.3 is 0 Å². The Morgan fingerprint density at radius 2 is 0.606 bits per heavy atom. The monoisotopic (exact) mass is 930 g/mol. The summed E-state index contributed by atoms with van der Waals surface area (Å²) in [6.45, 7) is 4.19. The van der Waals surface area contributed by atoms with Crippen molar-refractivity contribution in [1.82, 2.24) is 5.32 Å². The maximum atomic E-state index is 12.5. The molecule has 3 unspecified atom stereocenters. The van der Waals surface area contributed by atoms with Gasteiger partial charge in [-0.15, -0.1) is 0 Å². The number of carbonyl (C=O) groups excluding carboxylic acids is 1. The van der Waals surface area contributed by atoms with Crippen LogP contribution in [0, 0.1) is 0 Å². The molecule has 0 saturated heterocycles. The van der Waals surface area contributed by atoms with E-state index in [1.54, 1.807) is 0 Å². The molecule has 0 aromatic heterocycles. The fourth-order valence-electron chi connectivity index (χ4n) is 9.63. The van der Waals surface area contributed by atoms with E-state index in [-0.39, 0.29) is 12.5 Å². The maximum Gasteiger partial charge on any atom is 0.220 e. The van der Waals surface area contributed by atoms with Crippen LogP contribution < -0.4 is 5.32 Å².